The lowest BCUT2D eigenvalue weighted by Gasteiger charge is -2.13. The largest absolute Gasteiger partial charge is 0.378 e. The summed E-state index contributed by atoms with van der Waals surface area (Å²) >= 11 is 0. The minimum atomic E-state index is 0.893. The summed E-state index contributed by atoms with van der Waals surface area (Å²) in [6.07, 6.45) is 3.62. The van der Waals surface area contributed by atoms with E-state index in [1.807, 2.05) is 44.6 Å². The predicted octanol–water partition coefficient (Wildman–Crippen LogP) is 3.88. The number of anilines is 1. The normalized spacial score (nSPS) is 10.4. The van der Waals surface area contributed by atoms with Crippen molar-refractivity contribution in [1.82, 2.24) is 9.97 Å². The molecule has 2 aromatic heterocycles. The van der Waals surface area contributed by atoms with Gasteiger partial charge < -0.3 is 4.90 Å². The van der Waals surface area contributed by atoms with Crippen molar-refractivity contribution in [2.75, 3.05) is 19.0 Å². The van der Waals surface area contributed by atoms with Crippen LogP contribution in [-0.2, 0) is 0 Å². The van der Waals surface area contributed by atoms with Crippen molar-refractivity contribution in [3.8, 4) is 22.5 Å². The third-order valence-electron chi connectivity index (χ3n) is 3.40. The molecule has 0 bridgehead atoms. The van der Waals surface area contributed by atoms with E-state index >= 15 is 0 Å². The van der Waals surface area contributed by atoms with E-state index < -0.39 is 0 Å². The number of rotatable bonds is 3. The number of pyridine rings is 2. The van der Waals surface area contributed by atoms with Gasteiger partial charge in [0.2, 0.25) is 0 Å². The highest BCUT2D eigenvalue weighted by molar-refractivity contribution is 5.70. The van der Waals surface area contributed by atoms with E-state index in [2.05, 4.69) is 45.2 Å². The Labute approximate surface area is 124 Å². The minimum absolute atomic E-state index is 0.893. The van der Waals surface area contributed by atoms with E-state index in [0.29, 0.717) is 0 Å². The van der Waals surface area contributed by atoms with Crippen molar-refractivity contribution in [3.05, 3.63) is 67.0 Å². The zero-order valence-corrected chi connectivity index (χ0v) is 12.2. The van der Waals surface area contributed by atoms with E-state index in [-0.39, 0.29) is 0 Å². The molecule has 0 saturated heterocycles. The Kier molecular flexibility index (Phi) is 3.65. The fourth-order valence-electron chi connectivity index (χ4n) is 2.22. The molecule has 0 fully saturated rings. The molecular formula is C18H17N3. The van der Waals surface area contributed by atoms with Crippen LogP contribution in [0.25, 0.3) is 22.5 Å². The maximum Gasteiger partial charge on any atom is 0.0892 e. The Bertz CT molecular complexity index is 719. The maximum absolute atomic E-state index is 4.41. The van der Waals surface area contributed by atoms with Crippen LogP contribution in [0, 0.1) is 0 Å². The quantitative estimate of drug-likeness (QED) is 0.726. The van der Waals surface area contributed by atoms with Gasteiger partial charge in [0, 0.05) is 32.2 Å². The van der Waals surface area contributed by atoms with Gasteiger partial charge in [0.25, 0.3) is 0 Å². The van der Waals surface area contributed by atoms with Gasteiger partial charge >= 0.3 is 0 Å². The molecule has 0 atom stereocenters. The van der Waals surface area contributed by atoms with Gasteiger partial charge in [0.1, 0.15) is 0 Å². The smallest absolute Gasteiger partial charge is 0.0892 e. The van der Waals surface area contributed by atoms with Crippen LogP contribution in [0.2, 0.25) is 0 Å². The Morgan fingerprint density at radius 1 is 0.714 bits per heavy atom. The molecule has 0 spiro atoms. The second kappa shape index (κ2) is 5.75. The van der Waals surface area contributed by atoms with Crippen LogP contribution in [0.4, 0.5) is 5.69 Å². The molecule has 3 rings (SSSR count). The third kappa shape index (κ3) is 2.92. The summed E-state index contributed by atoms with van der Waals surface area (Å²) < 4.78 is 0. The van der Waals surface area contributed by atoms with Gasteiger partial charge in [-0.1, -0.05) is 18.2 Å². The second-order valence-electron chi connectivity index (χ2n) is 5.09. The Hall–Kier alpha value is -2.68. The van der Waals surface area contributed by atoms with Crippen molar-refractivity contribution in [2.24, 2.45) is 0 Å². The van der Waals surface area contributed by atoms with Crippen LogP contribution >= 0.6 is 0 Å². The van der Waals surface area contributed by atoms with Crippen LogP contribution in [0.1, 0.15) is 0 Å². The number of nitrogens with zero attached hydrogens (tertiary/aromatic N) is 3. The van der Waals surface area contributed by atoms with Crippen LogP contribution < -0.4 is 4.90 Å². The first-order chi connectivity index (χ1) is 10.2. The maximum atomic E-state index is 4.41. The lowest BCUT2D eigenvalue weighted by Crippen LogP contribution is -2.07. The summed E-state index contributed by atoms with van der Waals surface area (Å²) in [6, 6.07) is 18.5. The fraction of sp³-hybridized carbons (Fsp3) is 0.111. The molecule has 3 nitrogen and oxygen atoms in total. The molecule has 0 aliphatic heterocycles. The summed E-state index contributed by atoms with van der Waals surface area (Å²) in [6.45, 7) is 0. The molecule has 0 radical (unpaired) electrons. The third-order valence-corrected chi connectivity index (χ3v) is 3.40. The van der Waals surface area contributed by atoms with Gasteiger partial charge in [-0.25, -0.2) is 0 Å². The molecule has 21 heavy (non-hydrogen) atoms. The number of hydrogen-bond donors (Lipinski definition) is 0. The topological polar surface area (TPSA) is 29.0 Å². The van der Waals surface area contributed by atoms with Crippen molar-refractivity contribution in [2.45, 2.75) is 0 Å². The molecular weight excluding hydrogens is 258 g/mol. The zero-order chi connectivity index (χ0) is 14.7. The van der Waals surface area contributed by atoms with Gasteiger partial charge in [-0.15, -0.1) is 0 Å². The summed E-state index contributed by atoms with van der Waals surface area (Å²) in [5, 5.41) is 0. The first-order valence-corrected chi connectivity index (χ1v) is 6.89. The van der Waals surface area contributed by atoms with Gasteiger partial charge in [0.15, 0.2) is 0 Å². The number of aromatic nitrogens is 2. The van der Waals surface area contributed by atoms with Crippen LogP contribution in [0.5, 0.6) is 0 Å². The summed E-state index contributed by atoms with van der Waals surface area (Å²) in [5.74, 6) is 0. The molecule has 1 aromatic carbocycles. The van der Waals surface area contributed by atoms with Gasteiger partial charge in [0.05, 0.1) is 11.4 Å². The highest BCUT2D eigenvalue weighted by Gasteiger charge is 2.04. The molecule has 3 heteroatoms. The van der Waals surface area contributed by atoms with E-state index in [0.717, 1.165) is 17.0 Å². The van der Waals surface area contributed by atoms with Crippen molar-refractivity contribution in [1.29, 1.82) is 0 Å². The molecule has 0 unspecified atom stereocenters. The number of benzene rings is 1. The molecule has 0 N–H and O–H groups in total. The van der Waals surface area contributed by atoms with Crippen molar-refractivity contribution in [3.63, 3.8) is 0 Å². The summed E-state index contributed by atoms with van der Waals surface area (Å²) in [7, 11) is 4.08. The van der Waals surface area contributed by atoms with Crippen LogP contribution in [0.3, 0.4) is 0 Å². The highest BCUT2D eigenvalue weighted by atomic mass is 15.1. The van der Waals surface area contributed by atoms with E-state index in [1.165, 1.54) is 11.3 Å². The van der Waals surface area contributed by atoms with Gasteiger partial charge in [-0.05, 0) is 47.5 Å². The second-order valence-corrected chi connectivity index (χ2v) is 5.09. The molecule has 3 aromatic rings. The van der Waals surface area contributed by atoms with E-state index in [4.69, 9.17) is 0 Å². The summed E-state index contributed by atoms with van der Waals surface area (Å²) in [4.78, 5) is 10.9. The lowest BCUT2D eigenvalue weighted by molar-refractivity contribution is 1.13. The van der Waals surface area contributed by atoms with E-state index in [9.17, 15) is 0 Å². The van der Waals surface area contributed by atoms with Crippen molar-refractivity contribution < 1.29 is 0 Å². The Morgan fingerprint density at radius 2 is 1.48 bits per heavy atom. The minimum Gasteiger partial charge on any atom is -0.378 e. The van der Waals surface area contributed by atoms with Crippen LogP contribution in [0.15, 0.2) is 67.0 Å². The highest BCUT2D eigenvalue weighted by Crippen LogP contribution is 2.25. The molecule has 104 valence electrons. The first-order valence-electron chi connectivity index (χ1n) is 6.89. The first kappa shape index (κ1) is 13.3. The monoisotopic (exact) mass is 275 g/mol. The average Bonchev–Trinajstić information content (AvgIpc) is 2.56. The predicted molar refractivity (Wildman–Crippen MR) is 87.2 cm³/mol. The molecule has 0 aliphatic carbocycles. The molecule has 0 saturated carbocycles. The number of hydrogen-bond acceptors (Lipinski definition) is 3. The zero-order valence-electron chi connectivity index (χ0n) is 12.2. The SMILES string of the molecule is CN(C)c1ccc(-c2ccnc(-c3ccccn3)c2)cc1. The fourth-order valence-corrected chi connectivity index (χ4v) is 2.22. The molecule has 2 heterocycles. The van der Waals surface area contributed by atoms with Crippen molar-refractivity contribution >= 4 is 5.69 Å². The van der Waals surface area contributed by atoms with Gasteiger partial charge in [-0.2, -0.15) is 0 Å². The average molecular weight is 275 g/mol. The standard InChI is InChI=1S/C18H17N3/c1-21(2)16-8-6-14(7-9-16)15-10-12-20-18(13-15)17-5-3-4-11-19-17/h3-13H,1-2H3. The lowest BCUT2D eigenvalue weighted by atomic mass is 10.0. The Morgan fingerprint density at radius 3 is 2.14 bits per heavy atom. The summed E-state index contributed by atoms with van der Waals surface area (Å²) in [5.41, 5.74) is 5.31. The Balaban J connectivity index is 1.96. The van der Waals surface area contributed by atoms with E-state index in [1.54, 1.807) is 6.20 Å². The molecule has 0 amide bonds. The van der Waals surface area contributed by atoms with Gasteiger partial charge in [-0.3, -0.25) is 9.97 Å². The van der Waals surface area contributed by atoms with Crippen LogP contribution in [-0.4, -0.2) is 24.1 Å². The molecule has 0 aliphatic rings.